The standard InChI is InChI=1S/C16H21F3N2O2/c1-15(2,3)23-14(22)13-5-4-8-21(13)10-6-7-12(20)11(9-10)16(17,18)19/h6-7,9,13H,4-5,8,20H2,1-3H3. The van der Waals surface area contributed by atoms with Gasteiger partial charge in [0, 0.05) is 17.9 Å². The predicted molar refractivity (Wildman–Crippen MR) is 82.1 cm³/mol. The normalized spacial score (nSPS) is 19.0. The molecule has 1 aliphatic rings. The third-order valence-electron chi connectivity index (χ3n) is 3.61. The molecule has 1 atom stereocenters. The Hall–Kier alpha value is -1.92. The van der Waals surface area contributed by atoms with E-state index in [1.807, 2.05) is 0 Å². The summed E-state index contributed by atoms with van der Waals surface area (Å²) in [5.41, 5.74) is 3.91. The zero-order valence-corrected chi connectivity index (χ0v) is 13.4. The van der Waals surface area contributed by atoms with Gasteiger partial charge in [0.15, 0.2) is 0 Å². The summed E-state index contributed by atoms with van der Waals surface area (Å²) in [6, 6.07) is 3.16. The van der Waals surface area contributed by atoms with Crippen molar-refractivity contribution >= 4 is 17.3 Å². The number of benzene rings is 1. The third kappa shape index (κ3) is 4.09. The van der Waals surface area contributed by atoms with Crippen LogP contribution in [-0.4, -0.2) is 24.2 Å². The molecule has 1 aliphatic heterocycles. The van der Waals surface area contributed by atoms with Crippen LogP contribution >= 0.6 is 0 Å². The van der Waals surface area contributed by atoms with Gasteiger partial charge in [0.2, 0.25) is 0 Å². The molecule has 23 heavy (non-hydrogen) atoms. The quantitative estimate of drug-likeness (QED) is 0.665. The summed E-state index contributed by atoms with van der Waals surface area (Å²) in [5, 5.41) is 0. The van der Waals surface area contributed by atoms with Gasteiger partial charge >= 0.3 is 12.1 Å². The second kappa shape index (κ2) is 5.94. The summed E-state index contributed by atoms with van der Waals surface area (Å²) in [4.78, 5) is 13.9. The second-order valence-electron chi connectivity index (χ2n) is 6.65. The molecule has 7 heteroatoms. The van der Waals surface area contributed by atoms with Crippen LogP contribution in [0.15, 0.2) is 18.2 Å². The van der Waals surface area contributed by atoms with Crippen molar-refractivity contribution in [3.05, 3.63) is 23.8 Å². The molecule has 1 fully saturated rings. The highest BCUT2D eigenvalue weighted by atomic mass is 19.4. The van der Waals surface area contributed by atoms with Gasteiger partial charge in [0.25, 0.3) is 0 Å². The van der Waals surface area contributed by atoms with Crippen LogP contribution in [0.25, 0.3) is 0 Å². The molecule has 0 amide bonds. The van der Waals surface area contributed by atoms with Crippen molar-refractivity contribution < 1.29 is 22.7 Å². The number of anilines is 2. The third-order valence-corrected chi connectivity index (χ3v) is 3.61. The molecule has 1 heterocycles. The van der Waals surface area contributed by atoms with E-state index >= 15 is 0 Å². The number of nitrogen functional groups attached to an aromatic ring is 1. The van der Waals surface area contributed by atoms with E-state index in [1.165, 1.54) is 12.1 Å². The summed E-state index contributed by atoms with van der Waals surface area (Å²) >= 11 is 0. The van der Waals surface area contributed by atoms with Gasteiger partial charge in [-0.3, -0.25) is 0 Å². The van der Waals surface area contributed by atoms with Crippen LogP contribution in [0.4, 0.5) is 24.5 Å². The molecule has 0 spiro atoms. The first-order chi connectivity index (χ1) is 10.5. The van der Waals surface area contributed by atoms with E-state index in [2.05, 4.69) is 0 Å². The zero-order valence-electron chi connectivity index (χ0n) is 13.4. The van der Waals surface area contributed by atoms with Crippen molar-refractivity contribution in [3.8, 4) is 0 Å². The van der Waals surface area contributed by atoms with Crippen molar-refractivity contribution in [2.24, 2.45) is 0 Å². The topological polar surface area (TPSA) is 55.6 Å². The first kappa shape index (κ1) is 17.4. The minimum Gasteiger partial charge on any atom is -0.458 e. The number of carbonyl (C=O) groups excluding carboxylic acids is 1. The Bertz CT molecular complexity index is 594. The predicted octanol–water partition coefficient (Wildman–Crippen LogP) is 3.60. The number of nitrogens with two attached hydrogens (primary N) is 1. The smallest absolute Gasteiger partial charge is 0.418 e. The van der Waals surface area contributed by atoms with Gasteiger partial charge in [-0.15, -0.1) is 0 Å². The molecule has 1 aromatic carbocycles. The summed E-state index contributed by atoms with van der Waals surface area (Å²) in [6.07, 6.45) is -3.25. The summed E-state index contributed by atoms with van der Waals surface area (Å²) in [7, 11) is 0. The van der Waals surface area contributed by atoms with E-state index < -0.39 is 29.4 Å². The molecule has 0 aliphatic carbocycles. The maximum atomic E-state index is 13.0. The average molecular weight is 330 g/mol. The first-order valence-corrected chi connectivity index (χ1v) is 7.45. The number of nitrogens with zero attached hydrogens (tertiary/aromatic N) is 1. The lowest BCUT2D eigenvalue weighted by atomic mass is 10.1. The van der Waals surface area contributed by atoms with Crippen molar-refractivity contribution in [1.29, 1.82) is 0 Å². The molecule has 0 bridgehead atoms. The van der Waals surface area contributed by atoms with Crippen LogP contribution in [-0.2, 0) is 15.7 Å². The Labute approximate surface area is 133 Å². The van der Waals surface area contributed by atoms with Crippen LogP contribution in [0.3, 0.4) is 0 Å². The van der Waals surface area contributed by atoms with Crippen molar-refractivity contribution in [2.45, 2.75) is 51.4 Å². The van der Waals surface area contributed by atoms with Crippen molar-refractivity contribution in [2.75, 3.05) is 17.2 Å². The molecule has 0 aromatic heterocycles. The lowest BCUT2D eigenvalue weighted by Crippen LogP contribution is -2.40. The van der Waals surface area contributed by atoms with Gasteiger partial charge in [-0.25, -0.2) is 4.79 Å². The van der Waals surface area contributed by atoms with E-state index in [0.29, 0.717) is 18.7 Å². The van der Waals surface area contributed by atoms with E-state index in [4.69, 9.17) is 10.5 Å². The van der Waals surface area contributed by atoms with Gasteiger partial charge < -0.3 is 15.4 Å². The molecule has 0 radical (unpaired) electrons. The number of hydrogen-bond donors (Lipinski definition) is 1. The fourth-order valence-corrected chi connectivity index (χ4v) is 2.66. The van der Waals surface area contributed by atoms with Gasteiger partial charge in [-0.2, -0.15) is 13.2 Å². The molecule has 1 aromatic rings. The number of carbonyl (C=O) groups is 1. The fraction of sp³-hybridized carbons (Fsp3) is 0.562. The Morgan fingerprint density at radius 2 is 1.96 bits per heavy atom. The number of ether oxygens (including phenoxy) is 1. The lowest BCUT2D eigenvalue weighted by Gasteiger charge is -2.29. The molecule has 0 saturated carbocycles. The molecular formula is C16H21F3N2O2. The number of hydrogen-bond acceptors (Lipinski definition) is 4. The van der Waals surface area contributed by atoms with Crippen molar-refractivity contribution in [1.82, 2.24) is 0 Å². The second-order valence-corrected chi connectivity index (χ2v) is 6.65. The van der Waals surface area contributed by atoms with Crippen LogP contribution in [0.5, 0.6) is 0 Å². The molecule has 1 unspecified atom stereocenters. The Morgan fingerprint density at radius 3 is 2.52 bits per heavy atom. The highest BCUT2D eigenvalue weighted by Gasteiger charge is 2.37. The van der Waals surface area contributed by atoms with Crippen LogP contribution in [0.1, 0.15) is 39.2 Å². The number of alkyl halides is 3. The molecule has 1 saturated heterocycles. The van der Waals surface area contributed by atoms with Crippen LogP contribution in [0.2, 0.25) is 0 Å². The molecule has 2 rings (SSSR count). The number of esters is 1. The van der Waals surface area contributed by atoms with Gasteiger partial charge in [0.05, 0.1) is 5.56 Å². The SMILES string of the molecule is CC(C)(C)OC(=O)C1CCCN1c1ccc(N)c(C(F)(F)F)c1. The maximum Gasteiger partial charge on any atom is 0.418 e. The molecule has 128 valence electrons. The number of rotatable bonds is 2. The average Bonchev–Trinajstić information content (AvgIpc) is 2.85. The highest BCUT2D eigenvalue weighted by molar-refractivity contribution is 5.81. The first-order valence-electron chi connectivity index (χ1n) is 7.45. The summed E-state index contributed by atoms with van der Waals surface area (Å²) in [5.74, 6) is -0.416. The van der Waals surface area contributed by atoms with Crippen LogP contribution in [0, 0.1) is 0 Å². The fourth-order valence-electron chi connectivity index (χ4n) is 2.66. The minimum atomic E-state index is -4.53. The molecule has 2 N–H and O–H groups in total. The lowest BCUT2D eigenvalue weighted by molar-refractivity contribution is -0.156. The largest absolute Gasteiger partial charge is 0.458 e. The maximum absolute atomic E-state index is 13.0. The van der Waals surface area contributed by atoms with Crippen LogP contribution < -0.4 is 10.6 Å². The van der Waals surface area contributed by atoms with Gasteiger partial charge in [0.1, 0.15) is 11.6 Å². The van der Waals surface area contributed by atoms with E-state index in [0.717, 1.165) is 12.5 Å². The van der Waals surface area contributed by atoms with Crippen molar-refractivity contribution in [3.63, 3.8) is 0 Å². The minimum absolute atomic E-state index is 0.325. The summed E-state index contributed by atoms with van der Waals surface area (Å²) < 4.78 is 44.4. The van der Waals surface area contributed by atoms with E-state index in [9.17, 15) is 18.0 Å². The Balaban J connectivity index is 2.28. The van der Waals surface area contributed by atoms with E-state index in [1.54, 1.807) is 25.7 Å². The summed E-state index contributed by atoms with van der Waals surface area (Å²) in [6.45, 7) is 5.78. The van der Waals surface area contributed by atoms with Gasteiger partial charge in [-0.05, 0) is 51.8 Å². The molecular weight excluding hydrogens is 309 g/mol. The van der Waals surface area contributed by atoms with Gasteiger partial charge in [-0.1, -0.05) is 0 Å². The van der Waals surface area contributed by atoms with E-state index in [-0.39, 0.29) is 5.69 Å². The Morgan fingerprint density at radius 1 is 1.30 bits per heavy atom. The molecule has 4 nitrogen and oxygen atoms in total. The number of halogens is 3. The monoisotopic (exact) mass is 330 g/mol. The zero-order chi connectivity index (χ0) is 17.4. The Kier molecular flexibility index (Phi) is 4.50. The highest BCUT2D eigenvalue weighted by Crippen LogP contribution is 2.37.